The molecule has 1 heterocycles. The first-order valence-electron chi connectivity index (χ1n) is 4.87. The topological polar surface area (TPSA) is 58.8 Å². The average Bonchev–Trinajstić information content (AvgIpc) is 2.32. The van der Waals surface area contributed by atoms with Crippen molar-refractivity contribution in [2.75, 3.05) is 0 Å². The lowest BCUT2D eigenvalue weighted by molar-refractivity contribution is 0.455. The Balaban J connectivity index is 2.40. The molecule has 0 atom stereocenters. The Kier molecular flexibility index (Phi) is 3.54. The zero-order chi connectivity index (χ0) is 12.3. The summed E-state index contributed by atoms with van der Waals surface area (Å²) < 4.78 is 6.59. The number of hydrogen-bond acceptors (Lipinski definition) is 4. The number of nitriles is 1. The molecule has 0 N–H and O–H groups in total. The molecule has 1 aromatic heterocycles. The SMILES string of the molecule is Cc1ncc(C#N)c(Oc2ccccc2I)n1. The standard InChI is InChI=1S/C12H8IN3O/c1-8-15-7-9(6-14)12(16-8)17-11-5-3-2-4-10(11)13/h2-5,7H,1H3. The second-order valence-corrected chi connectivity index (χ2v) is 4.44. The van der Waals surface area contributed by atoms with Crippen LogP contribution in [0.25, 0.3) is 0 Å². The summed E-state index contributed by atoms with van der Waals surface area (Å²) >= 11 is 2.17. The minimum atomic E-state index is 0.295. The van der Waals surface area contributed by atoms with Gasteiger partial charge in [0.1, 0.15) is 23.2 Å². The van der Waals surface area contributed by atoms with Gasteiger partial charge in [-0.3, -0.25) is 0 Å². The van der Waals surface area contributed by atoms with Crippen LogP contribution >= 0.6 is 22.6 Å². The fraction of sp³-hybridized carbons (Fsp3) is 0.0833. The van der Waals surface area contributed by atoms with Crippen molar-refractivity contribution in [1.82, 2.24) is 9.97 Å². The first kappa shape index (κ1) is 11.8. The van der Waals surface area contributed by atoms with E-state index in [1.54, 1.807) is 6.92 Å². The molecule has 0 aliphatic carbocycles. The third-order valence-electron chi connectivity index (χ3n) is 2.04. The zero-order valence-corrected chi connectivity index (χ0v) is 11.2. The van der Waals surface area contributed by atoms with E-state index in [9.17, 15) is 0 Å². The van der Waals surface area contributed by atoms with Crippen LogP contribution in [0.1, 0.15) is 11.4 Å². The maximum Gasteiger partial charge on any atom is 0.240 e. The van der Waals surface area contributed by atoms with E-state index in [0.717, 1.165) is 3.57 Å². The van der Waals surface area contributed by atoms with E-state index in [0.29, 0.717) is 23.0 Å². The number of nitrogens with zero attached hydrogens (tertiary/aromatic N) is 3. The molecular weight excluding hydrogens is 329 g/mol. The predicted octanol–water partition coefficient (Wildman–Crippen LogP) is 3.05. The molecule has 17 heavy (non-hydrogen) atoms. The average molecular weight is 337 g/mol. The van der Waals surface area contributed by atoms with E-state index >= 15 is 0 Å². The van der Waals surface area contributed by atoms with Gasteiger partial charge in [0.2, 0.25) is 5.88 Å². The van der Waals surface area contributed by atoms with Crippen LogP contribution in [0.3, 0.4) is 0 Å². The Morgan fingerprint density at radius 1 is 1.35 bits per heavy atom. The van der Waals surface area contributed by atoms with Crippen molar-refractivity contribution in [2.45, 2.75) is 6.92 Å². The van der Waals surface area contributed by atoms with Crippen LogP contribution in [0.15, 0.2) is 30.5 Å². The Morgan fingerprint density at radius 3 is 2.82 bits per heavy atom. The molecule has 2 rings (SSSR count). The highest BCUT2D eigenvalue weighted by atomic mass is 127. The first-order chi connectivity index (χ1) is 8.20. The number of rotatable bonds is 2. The number of halogens is 1. The number of aromatic nitrogens is 2. The second-order valence-electron chi connectivity index (χ2n) is 3.28. The zero-order valence-electron chi connectivity index (χ0n) is 9.01. The van der Waals surface area contributed by atoms with Crippen LogP contribution in [-0.2, 0) is 0 Å². The normalized spacial score (nSPS) is 9.71. The highest BCUT2D eigenvalue weighted by Crippen LogP contribution is 2.26. The van der Waals surface area contributed by atoms with Crippen LogP contribution in [0.5, 0.6) is 11.6 Å². The van der Waals surface area contributed by atoms with Crippen LogP contribution in [0.4, 0.5) is 0 Å². The van der Waals surface area contributed by atoms with Crippen molar-refractivity contribution in [3.05, 3.63) is 45.4 Å². The molecule has 0 fully saturated rings. The number of benzene rings is 1. The largest absolute Gasteiger partial charge is 0.436 e. The van der Waals surface area contributed by atoms with Gasteiger partial charge < -0.3 is 4.74 Å². The van der Waals surface area contributed by atoms with Gasteiger partial charge in [-0.25, -0.2) is 4.98 Å². The van der Waals surface area contributed by atoms with Gasteiger partial charge in [0.25, 0.3) is 0 Å². The number of hydrogen-bond donors (Lipinski definition) is 0. The lowest BCUT2D eigenvalue weighted by Gasteiger charge is -2.07. The quantitative estimate of drug-likeness (QED) is 0.791. The first-order valence-corrected chi connectivity index (χ1v) is 5.94. The minimum absolute atomic E-state index is 0.295. The van der Waals surface area contributed by atoms with E-state index < -0.39 is 0 Å². The molecule has 1 aromatic carbocycles. The Morgan fingerprint density at radius 2 is 2.12 bits per heavy atom. The summed E-state index contributed by atoms with van der Waals surface area (Å²) in [6.45, 7) is 1.75. The third-order valence-corrected chi connectivity index (χ3v) is 2.93. The van der Waals surface area contributed by atoms with Crippen molar-refractivity contribution < 1.29 is 4.74 Å². The van der Waals surface area contributed by atoms with Crippen molar-refractivity contribution in [3.63, 3.8) is 0 Å². The third kappa shape index (κ3) is 2.71. The van der Waals surface area contributed by atoms with Gasteiger partial charge in [0, 0.05) is 0 Å². The molecule has 2 aromatic rings. The number of ether oxygens (including phenoxy) is 1. The predicted molar refractivity (Wildman–Crippen MR) is 70.7 cm³/mol. The maximum atomic E-state index is 8.94. The molecule has 0 radical (unpaired) electrons. The second kappa shape index (κ2) is 5.10. The van der Waals surface area contributed by atoms with E-state index in [4.69, 9.17) is 10.00 Å². The number of aryl methyl sites for hydroxylation is 1. The van der Waals surface area contributed by atoms with Gasteiger partial charge in [-0.2, -0.15) is 10.2 Å². The summed E-state index contributed by atoms with van der Waals surface area (Å²) in [5.41, 5.74) is 0.329. The smallest absolute Gasteiger partial charge is 0.240 e. The van der Waals surface area contributed by atoms with Crippen molar-refractivity contribution in [3.8, 4) is 17.7 Å². The van der Waals surface area contributed by atoms with E-state index in [-0.39, 0.29) is 0 Å². The molecule has 0 bridgehead atoms. The van der Waals surface area contributed by atoms with Crippen LogP contribution in [0, 0.1) is 21.8 Å². The monoisotopic (exact) mass is 337 g/mol. The van der Waals surface area contributed by atoms with Crippen LogP contribution in [-0.4, -0.2) is 9.97 Å². The van der Waals surface area contributed by atoms with Gasteiger partial charge in [-0.1, -0.05) is 12.1 Å². The molecule has 0 aliphatic rings. The maximum absolute atomic E-state index is 8.94. The van der Waals surface area contributed by atoms with Crippen molar-refractivity contribution in [1.29, 1.82) is 5.26 Å². The van der Waals surface area contributed by atoms with Crippen molar-refractivity contribution in [2.24, 2.45) is 0 Å². The fourth-order valence-corrected chi connectivity index (χ4v) is 1.73. The Hall–Kier alpha value is -1.68. The molecule has 4 nitrogen and oxygen atoms in total. The Bertz CT molecular complexity index is 593. The molecular formula is C12H8IN3O. The van der Waals surface area contributed by atoms with E-state index in [2.05, 4.69) is 32.6 Å². The summed E-state index contributed by atoms with van der Waals surface area (Å²) in [6.07, 6.45) is 1.47. The molecule has 0 saturated heterocycles. The molecule has 0 spiro atoms. The molecule has 0 aliphatic heterocycles. The van der Waals surface area contributed by atoms with Gasteiger partial charge >= 0.3 is 0 Å². The summed E-state index contributed by atoms with van der Waals surface area (Å²) in [6, 6.07) is 9.56. The fourth-order valence-electron chi connectivity index (χ4n) is 1.24. The number of para-hydroxylation sites is 1. The van der Waals surface area contributed by atoms with Gasteiger partial charge in [-0.05, 0) is 41.6 Å². The van der Waals surface area contributed by atoms with E-state index in [1.807, 2.05) is 30.3 Å². The summed E-state index contributed by atoms with van der Waals surface area (Å²) in [5.74, 6) is 1.55. The Labute approximate surface area is 112 Å². The lowest BCUT2D eigenvalue weighted by atomic mass is 10.3. The van der Waals surface area contributed by atoms with Crippen LogP contribution in [0.2, 0.25) is 0 Å². The highest BCUT2D eigenvalue weighted by molar-refractivity contribution is 14.1. The highest BCUT2D eigenvalue weighted by Gasteiger charge is 2.09. The van der Waals surface area contributed by atoms with E-state index in [1.165, 1.54) is 6.20 Å². The molecule has 0 amide bonds. The van der Waals surface area contributed by atoms with Crippen molar-refractivity contribution >= 4 is 22.6 Å². The van der Waals surface area contributed by atoms with Gasteiger partial charge in [0.15, 0.2) is 0 Å². The molecule has 84 valence electrons. The van der Waals surface area contributed by atoms with Gasteiger partial charge in [0.05, 0.1) is 9.77 Å². The summed E-state index contributed by atoms with van der Waals surface area (Å²) in [4.78, 5) is 8.08. The van der Waals surface area contributed by atoms with Gasteiger partial charge in [-0.15, -0.1) is 0 Å². The summed E-state index contributed by atoms with van der Waals surface area (Å²) in [5, 5.41) is 8.94. The molecule has 0 saturated carbocycles. The lowest BCUT2D eigenvalue weighted by Crippen LogP contribution is -1.97. The molecule has 0 unspecified atom stereocenters. The van der Waals surface area contributed by atoms with Crippen LogP contribution < -0.4 is 4.74 Å². The minimum Gasteiger partial charge on any atom is -0.436 e. The molecule has 5 heteroatoms. The summed E-state index contributed by atoms with van der Waals surface area (Å²) in [7, 11) is 0.